The number of nitrogens with zero attached hydrogens (tertiary/aromatic N) is 3. The average Bonchev–Trinajstić information content (AvgIpc) is 2.97. The number of pyridine rings is 1. The molecule has 3 rings (SSSR count). The van der Waals surface area contributed by atoms with Gasteiger partial charge in [0.15, 0.2) is 20.6 Å². The van der Waals surface area contributed by atoms with Crippen LogP contribution < -0.4 is 0 Å². The van der Waals surface area contributed by atoms with Gasteiger partial charge < -0.3 is 0 Å². The molecular formula is C15H12F3N3O2S2. The van der Waals surface area contributed by atoms with Crippen molar-refractivity contribution < 1.29 is 21.6 Å². The molecule has 0 spiro atoms. The lowest BCUT2D eigenvalue weighted by Crippen LogP contribution is -2.09. The van der Waals surface area contributed by atoms with Gasteiger partial charge in [0, 0.05) is 11.9 Å². The summed E-state index contributed by atoms with van der Waals surface area (Å²) in [7, 11) is -3.46. The highest BCUT2D eigenvalue weighted by Crippen LogP contribution is 2.30. The third-order valence-corrected chi connectivity index (χ3v) is 6.32. The fraction of sp³-hybridized carbons (Fsp3) is 0.200. The number of halogens is 3. The Morgan fingerprint density at radius 1 is 1.04 bits per heavy atom. The van der Waals surface area contributed by atoms with E-state index in [4.69, 9.17) is 0 Å². The number of sulfone groups is 1. The predicted octanol–water partition coefficient (Wildman–Crippen LogP) is 3.31. The first-order valence-electron chi connectivity index (χ1n) is 7.10. The van der Waals surface area contributed by atoms with Gasteiger partial charge in [0.2, 0.25) is 0 Å². The largest absolute Gasteiger partial charge is 0.417 e. The standard InChI is InChI=1S/C15H12F3N3O2S2/c16-15(17,18)11-6-7-13-19-20-14(21(13)10-11)24-8-9-25(22,23)12-4-2-1-3-5-12/h1-7,10H,8-9H2. The number of thioether (sulfide) groups is 1. The lowest BCUT2D eigenvalue weighted by atomic mass is 10.3. The Morgan fingerprint density at radius 2 is 1.76 bits per heavy atom. The summed E-state index contributed by atoms with van der Waals surface area (Å²) in [6.07, 6.45) is -3.57. The van der Waals surface area contributed by atoms with Crippen LogP contribution in [-0.4, -0.2) is 34.5 Å². The van der Waals surface area contributed by atoms with Gasteiger partial charge in [0.05, 0.1) is 16.2 Å². The van der Waals surface area contributed by atoms with Crippen LogP contribution in [0.3, 0.4) is 0 Å². The second kappa shape index (κ2) is 6.68. The zero-order chi connectivity index (χ0) is 18.1. The molecule has 2 heterocycles. The Labute approximate surface area is 145 Å². The van der Waals surface area contributed by atoms with E-state index in [1.807, 2.05) is 0 Å². The molecule has 10 heteroatoms. The van der Waals surface area contributed by atoms with Crippen LogP contribution in [0.5, 0.6) is 0 Å². The summed E-state index contributed by atoms with van der Waals surface area (Å²) < 4.78 is 64.0. The van der Waals surface area contributed by atoms with Crippen molar-refractivity contribution in [2.24, 2.45) is 0 Å². The lowest BCUT2D eigenvalue weighted by Gasteiger charge is -2.07. The molecule has 0 N–H and O–H groups in total. The van der Waals surface area contributed by atoms with Crippen LogP contribution in [0, 0.1) is 0 Å². The van der Waals surface area contributed by atoms with E-state index in [9.17, 15) is 21.6 Å². The van der Waals surface area contributed by atoms with Crippen molar-refractivity contribution in [1.29, 1.82) is 0 Å². The summed E-state index contributed by atoms with van der Waals surface area (Å²) in [5.41, 5.74) is -0.556. The molecule has 132 valence electrons. The number of benzene rings is 1. The van der Waals surface area contributed by atoms with Crippen molar-refractivity contribution in [3.8, 4) is 0 Å². The normalized spacial score (nSPS) is 12.6. The molecule has 0 amide bonds. The number of fused-ring (bicyclic) bond motifs is 1. The summed E-state index contributed by atoms with van der Waals surface area (Å²) in [5, 5.41) is 7.83. The van der Waals surface area contributed by atoms with Crippen LogP contribution in [0.1, 0.15) is 5.56 Å². The van der Waals surface area contributed by atoms with Gasteiger partial charge in [0.1, 0.15) is 0 Å². The van der Waals surface area contributed by atoms with Gasteiger partial charge in [-0.2, -0.15) is 13.2 Å². The van der Waals surface area contributed by atoms with E-state index >= 15 is 0 Å². The van der Waals surface area contributed by atoms with E-state index in [-0.39, 0.29) is 27.2 Å². The Kier molecular flexibility index (Phi) is 4.74. The van der Waals surface area contributed by atoms with Crippen LogP contribution >= 0.6 is 11.8 Å². The number of alkyl halides is 3. The fourth-order valence-corrected chi connectivity index (χ4v) is 4.71. The van der Waals surface area contributed by atoms with E-state index < -0.39 is 21.6 Å². The third-order valence-electron chi connectivity index (χ3n) is 3.38. The van der Waals surface area contributed by atoms with Crippen LogP contribution in [0.25, 0.3) is 5.65 Å². The number of hydrogen-bond donors (Lipinski definition) is 0. The molecule has 0 saturated carbocycles. The fourth-order valence-electron chi connectivity index (χ4n) is 2.12. The van der Waals surface area contributed by atoms with E-state index in [1.165, 1.54) is 22.6 Å². The van der Waals surface area contributed by atoms with Crippen molar-refractivity contribution in [3.63, 3.8) is 0 Å². The minimum Gasteiger partial charge on any atom is -0.277 e. The maximum absolute atomic E-state index is 12.8. The third kappa shape index (κ3) is 3.96. The topological polar surface area (TPSA) is 64.3 Å². The lowest BCUT2D eigenvalue weighted by molar-refractivity contribution is -0.137. The molecule has 0 unspecified atom stereocenters. The van der Waals surface area contributed by atoms with E-state index in [0.29, 0.717) is 0 Å². The summed E-state index contributed by atoms with van der Waals surface area (Å²) in [4.78, 5) is 0.209. The van der Waals surface area contributed by atoms with Gasteiger partial charge in [-0.25, -0.2) is 8.42 Å². The van der Waals surface area contributed by atoms with Crippen LogP contribution in [0.2, 0.25) is 0 Å². The van der Waals surface area contributed by atoms with Gasteiger partial charge in [-0.15, -0.1) is 10.2 Å². The highest BCUT2D eigenvalue weighted by atomic mass is 32.2. The Balaban J connectivity index is 1.76. The molecule has 0 radical (unpaired) electrons. The molecule has 0 aliphatic carbocycles. The minimum absolute atomic E-state index is 0.147. The van der Waals surface area contributed by atoms with E-state index in [2.05, 4.69) is 10.2 Å². The number of rotatable bonds is 5. The van der Waals surface area contributed by atoms with Crippen molar-refractivity contribution in [2.45, 2.75) is 16.2 Å². The van der Waals surface area contributed by atoms with Gasteiger partial charge in [-0.3, -0.25) is 4.40 Å². The van der Waals surface area contributed by atoms with E-state index in [0.717, 1.165) is 24.0 Å². The molecule has 0 bridgehead atoms. The zero-order valence-corrected chi connectivity index (χ0v) is 14.3. The summed E-state index contributed by atoms with van der Waals surface area (Å²) in [5.74, 6) is -0.0101. The van der Waals surface area contributed by atoms with Crippen molar-refractivity contribution in [1.82, 2.24) is 14.6 Å². The highest BCUT2D eigenvalue weighted by molar-refractivity contribution is 8.00. The molecule has 1 aromatic carbocycles. The first-order chi connectivity index (χ1) is 11.8. The summed E-state index contributed by atoms with van der Waals surface area (Å²) in [6, 6.07) is 10.1. The first-order valence-corrected chi connectivity index (χ1v) is 9.74. The van der Waals surface area contributed by atoms with E-state index in [1.54, 1.807) is 18.2 Å². The molecule has 0 atom stereocenters. The zero-order valence-electron chi connectivity index (χ0n) is 12.6. The maximum Gasteiger partial charge on any atom is 0.417 e. The number of hydrogen-bond acceptors (Lipinski definition) is 5. The molecule has 2 aromatic heterocycles. The molecule has 0 aliphatic rings. The molecule has 0 saturated heterocycles. The molecular weight excluding hydrogens is 375 g/mol. The Hall–Kier alpha value is -2.07. The number of aromatic nitrogens is 3. The van der Waals surface area contributed by atoms with Crippen molar-refractivity contribution in [3.05, 3.63) is 54.2 Å². The average molecular weight is 387 g/mol. The van der Waals surface area contributed by atoms with Gasteiger partial charge in [0.25, 0.3) is 0 Å². The molecule has 0 fully saturated rings. The second-order valence-electron chi connectivity index (χ2n) is 5.11. The SMILES string of the molecule is O=S(=O)(CCSc1nnc2ccc(C(F)(F)F)cn12)c1ccccc1. The second-order valence-corrected chi connectivity index (χ2v) is 8.28. The van der Waals surface area contributed by atoms with Crippen LogP contribution in [0.4, 0.5) is 13.2 Å². The van der Waals surface area contributed by atoms with Crippen molar-refractivity contribution in [2.75, 3.05) is 11.5 Å². The molecule has 25 heavy (non-hydrogen) atoms. The maximum atomic E-state index is 12.8. The first kappa shape index (κ1) is 17.7. The quantitative estimate of drug-likeness (QED) is 0.629. The monoisotopic (exact) mass is 387 g/mol. The van der Waals surface area contributed by atoms with Gasteiger partial charge in [-0.1, -0.05) is 30.0 Å². The van der Waals surface area contributed by atoms with Gasteiger partial charge in [-0.05, 0) is 24.3 Å². The highest BCUT2D eigenvalue weighted by Gasteiger charge is 2.31. The minimum atomic E-state index is -4.48. The molecule has 5 nitrogen and oxygen atoms in total. The summed E-state index contributed by atoms with van der Waals surface area (Å²) in [6.45, 7) is 0. The Morgan fingerprint density at radius 3 is 2.44 bits per heavy atom. The predicted molar refractivity (Wildman–Crippen MR) is 87.2 cm³/mol. The van der Waals surface area contributed by atoms with Gasteiger partial charge >= 0.3 is 6.18 Å². The summed E-state index contributed by atoms with van der Waals surface area (Å²) >= 11 is 1.04. The van der Waals surface area contributed by atoms with Crippen LogP contribution in [0.15, 0.2) is 58.7 Å². The Bertz CT molecular complexity index is 986. The smallest absolute Gasteiger partial charge is 0.277 e. The molecule has 3 aromatic rings. The van der Waals surface area contributed by atoms with Crippen molar-refractivity contribution >= 4 is 27.2 Å². The van der Waals surface area contributed by atoms with Crippen LogP contribution in [-0.2, 0) is 16.0 Å². The molecule has 0 aliphatic heterocycles.